The third kappa shape index (κ3) is 3.75. The number of halogens is 1. The van der Waals surface area contributed by atoms with Crippen LogP contribution in [0.15, 0.2) is 35.4 Å². The number of hydrogen-bond acceptors (Lipinski definition) is 4. The van der Waals surface area contributed by atoms with E-state index in [-0.39, 0.29) is 11.6 Å². The highest BCUT2D eigenvalue weighted by atomic mass is 35.5. The Labute approximate surface area is 151 Å². The topological polar surface area (TPSA) is 64.7 Å². The van der Waals surface area contributed by atoms with E-state index < -0.39 is 0 Å². The van der Waals surface area contributed by atoms with E-state index in [1.807, 2.05) is 42.8 Å². The minimum atomic E-state index is -0.00965. The summed E-state index contributed by atoms with van der Waals surface area (Å²) in [6.45, 7) is 7.96. The molecule has 0 aliphatic heterocycles. The molecule has 0 bridgehead atoms. The highest BCUT2D eigenvalue weighted by Gasteiger charge is 2.10. The van der Waals surface area contributed by atoms with E-state index in [9.17, 15) is 4.79 Å². The molecular formula is C18H22ClN5O. The smallest absolute Gasteiger partial charge is 0.261 e. The van der Waals surface area contributed by atoms with Gasteiger partial charge in [0.15, 0.2) is 0 Å². The van der Waals surface area contributed by atoms with Crippen molar-refractivity contribution in [2.24, 2.45) is 0 Å². The summed E-state index contributed by atoms with van der Waals surface area (Å²) in [6, 6.07) is 7.53. The van der Waals surface area contributed by atoms with Crippen LogP contribution in [-0.2, 0) is 13.1 Å². The van der Waals surface area contributed by atoms with Crippen molar-refractivity contribution < 1.29 is 0 Å². The maximum atomic E-state index is 12.5. The van der Waals surface area contributed by atoms with E-state index in [0.29, 0.717) is 11.9 Å². The second-order valence-electron chi connectivity index (χ2n) is 6.28. The van der Waals surface area contributed by atoms with Crippen molar-refractivity contribution in [1.29, 1.82) is 0 Å². The molecule has 1 N–H and O–H groups in total. The van der Waals surface area contributed by atoms with Crippen LogP contribution in [0.4, 0.5) is 0 Å². The van der Waals surface area contributed by atoms with Gasteiger partial charge < -0.3 is 5.32 Å². The van der Waals surface area contributed by atoms with Crippen molar-refractivity contribution in [3.63, 3.8) is 0 Å². The fourth-order valence-corrected chi connectivity index (χ4v) is 3.04. The van der Waals surface area contributed by atoms with Gasteiger partial charge in [-0.1, -0.05) is 23.7 Å². The molecule has 0 fully saturated rings. The van der Waals surface area contributed by atoms with Gasteiger partial charge in [-0.15, -0.1) is 0 Å². The molecule has 3 aromatic rings. The minimum absolute atomic E-state index is 0.00965. The zero-order chi connectivity index (χ0) is 18.0. The zero-order valence-electron chi connectivity index (χ0n) is 14.7. The van der Waals surface area contributed by atoms with Crippen LogP contribution in [0.5, 0.6) is 0 Å². The number of para-hydroxylation sites is 1. The number of aryl methyl sites for hydroxylation is 1. The van der Waals surface area contributed by atoms with Crippen LogP contribution in [0.2, 0.25) is 5.02 Å². The molecule has 0 radical (unpaired) electrons. The highest BCUT2D eigenvalue weighted by Crippen LogP contribution is 2.18. The van der Waals surface area contributed by atoms with E-state index in [1.165, 1.54) is 0 Å². The molecule has 0 spiro atoms. The Morgan fingerprint density at radius 2 is 2.04 bits per heavy atom. The quantitative estimate of drug-likeness (QED) is 0.734. The summed E-state index contributed by atoms with van der Waals surface area (Å²) in [5.74, 6) is 0. The third-order valence-corrected chi connectivity index (χ3v) is 4.86. The second kappa shape index (κ2) is 7.37. The van der Waals surface area contributed by atoms with Crippen molar-refractivity contribution in [2.75, 3.05) is 6.54 Å². The molecule has 0 unspecified atom stereocenters. The molecule has 2 heterocycles. The first-order valence-corrected chi connectivity index (χ1v) is 8.72. The van der Waals surface area contributed by atoms with E-state index >= 15 is 0 Å². The second-order valence-corrected chi connectivity index (χ2v) is 6.66. The molecule has 6 nitrogen and oxygen atoms in total. The average molecular weight is 360 g/mol. The lowest BCUT2D eigenvalue weighted by atomic mass is 10.2. The first-order valence-electron chi connectivity index (χ1n) is 8.34. The van der Waals surface area contributed by atoms with Crippen LogP contribution in [-0.4, -0.2) is 31.9 Å². The largest absolute Gasteiger partial charge is 0.311 e. The molecule has 132 valence electrons. The molecule has 1 atom stereocenters. The van der Waals surface area contributed by atoms with Crippen LogP contribution < -0.4 is 10.9 Å². The maximum Gasteiger partial charge on any atom is 0.261 e. The number of fused-ring (bicyclic) bond motifs is 1. The Morgan fingerprint density at radius 1 is 1.28 bits per heavy atom. The predicted molar refractivity (Wildman–Crippen MR) is 100 cm³/mol. The van der Waals surface area contributed by atoms with Crippen LogP contribution in [0.1, 0.15) is 18.3 Å². The van der Waals surface area contributed by atoms with Crippen LogP contribution in [0.25, 0.3) is 10.9 Å². The number of aromatic nitrogens is 4. The standard InChI is InChI=1S/C18H22ClN5O/c1-12(20-8-9-24-14(3)17(19)13(2)22-24)10-23-11-21-16-7-5-4-6-15(16)18(23)25/h4-7,11-12,20H,8-10H2,1-3H3/t12-/m1/s1. The Bertz CT molecular complexity index is 946. The van der Waals surface area contributed by atoms with E-state index in [1.54, 1.807) is 10.9 Å². The Balaban J connectivity index is 1.61. The summed E-state index contributed by atoms with van der Waals surface area (Å²) in [6.07, 6.45) is 1.61. The maximum absolute atomic E-state index is 12.5. The van der Waals surface area contributed by atoms with Crippen molar-refractivity contribution in [3.05, 3.63) is 57.4 Å². The van der Waals surface area contributed by atoms with Gasteiger partial charge in [0.2, 0.25) is 0 Å². The van der Waals surface area contributed by atoms with Gasteiger partial charge >= 0.3 is 0 Å². The molecule has 0 saturated carbocycles. The van der Waals surface area contributed by atoms with Crippen molar-refractivity contribution in [1.82, 2.24) is 24.6 Å². The molecule has 25 heavy (non-hydrogen) atoms. The first-order chi connectivity index (χ1) is 12.0. The SMILES string of the molecule is Cc1nn(CCN[C@H](C)Cn2cnc3ccccc3c2=O)c(C)c1Cl. The van der Waals surface area contributed by atoms with Gasteiger partial charge in [0.05, 0.1) is 40.2 Å². The molecule has 7 heteroatoms. The molecule has 3 rings (SSSR count). The number of hydrogen-bond donors (Lipinski definition) is 1. The number of nitrogens with one attached hydrogen (secondary N) is 1. The van der Waals surface area contributed by atoms with Gasteiger partial charge in [0.1, 0.15) is 0 Å². The molecule has 0 amide bonds. The van der Waals surface area contributed by atoms with Gasteiger partial charge in [0.25, 0.3) is 5.56 Å². The fourth-order valence-electron chi connectivity index (χ4n) is 2.91. The van der Waals surface area contributed by atoms with Crippen LogP contribution >= 0.6 is 11.6 Å². The highest BCUT2D eigenvalue weighted by molar-refractivity contribution is 6.31. The van der Waals surface area contributed by atoms with Crippen LogP contribution in [0.3, 0.4) is 0 Å². The van der Waals surface area contributed by atoms with Gasteiger partial charge in [-0.3, -0.25) is 14.0 Å². The molecule has 1 aromatic carbocycles. The zero-order valence-corrected chi connectivity index (χ0v) is 15.4. The molecule has 0 aliphatic rings. The Kier molecular flexibility index (Phi) is 5.20. The van der Waals surface area contributed by atoms with Gasteiger partial charge in [-0.25, -0.2) is 4.98 Å². The molecular weight excluding hydrogens is 338 g/mol. The predicted octanol–water partition coefficient (Wildman–Crippen LogP) is 2.54. The minimum Gasteiger partial charge on any atom is -0.311 e. The van der Waals surface area contributed by atoms with Gasteiger partial charge in [-0.2, -0.15) is 5.10 Å². The normalized spacial score (nSPS) is 12.6. The van der Waals surface area contributed by atoms with E-state index in [0.717, 1.165) is 35.0 Å². The van der Waals surface area contributed by atoms with Crippen LogP contribution in [0, 0.1) is 13.8 Å². The van der Waals surface area contributed by atoms with E-state index in [4.69, 9.17) is 11.6 Å². The lowest BCUT2D eigenvalue weighted by Gasteiger charge is -2.16. The van der Waals surface area contributed by atoms with E-state index in [2.05, 4.69) is 22.3 Å². The first kappa shape index (κ1) is 17.6. The molecule has 0 saturated heterocycles. The molecule has 2 aromatic heterocycles. The lowest BCUT2D eigenvalue weighted by Crippen LogP contribution is -2.36. The van der Waals surface area contributed by atoms with Crippen molar-refractivity contribution in [3.8, 4) is 0 Å². The Hall–Kier alpha value is -2.18. The van der Waals surface area contributed by atoms with Crippen molar-refractivity contribution in [2.45, 2.75) is 39.9 Å². The molecule has 0 aliphatic carbocycles. The van der Waals surface area contributed by atoms with Crippen molar-refractivity contribution >= 4 is 22.5 Å². The number of benzene rings is 1. The summed E-state index contributed by atoms with van der Waals surface area (Å²) in [7, 11) is 0. The fraction of sp³-hybridized carbons (Fsp3) is 0.389. The summed E-state index contributed by atoms with van der Waals surface area (Å²) in [5.41, 5.74) is 2.54. The summed E-state index contributed by atoms with van der Waals surface area (Å²) in [4.78, 5) is 16.9. The van der Waals surface area contributed by atoms with Gasteiger partial charge in [-0.05, 0) is 32.9 Å². The summed E-state index contributed by atoms with van der Waals surface area (Å²) >= 11 is 6.16. The lowest BCUT2D eigenvalue weighted by molar-refractivity contribution is 0.442. The number of rotatable bonds is 6. The monoisotopic (exact) mass is 359 g/mol. The Morgan fingerprint density at radius 3 is 2.76 bits per heavy atom. The summed E-state index contributed by atoms with van der Waals surface area (Å²) < 4.78 is 3.56. The summed E-state index contributed by atoms with van der Waals surface area (Å²) in [5, 5.41) is 9.21. The van der Waals surface area contributed by atoms with Gasteiger partial charge in [0, 0.05) is 19.1 Å². The number of nitrogens with zero attached hydrogens (tertiary/aromatic N) is 4. The third-order valence-electron chi connectivity index (χ3n) is 4.31. The average Bonchev–Trinajstić information content (AvgIpc) is 2.85.